The summed E-state index contributed by atoms with van der Waals surface area (Å²) in [5, 5.41) is 8.02. The lowest BCUT2D eigenvalue weighted by Gasteiger charge is -2.26. The summed E-state index contributed by atoms with van der Waals surface area (Å²) >= 11 is 0. The van der Waals surface area contributed by atoms with Crippen LogP contribution in [-0.4, -0.2) is 50.9 Å². The lowest BCUT2D eigenvalue weighted by Crippen LogP contribution is -2.38. The monoisotopic (exact) mass is 499 g/mol. The van der Waals surface area contributed by atoms with Gasteiger partial charge >= 0.3 is 6.09 Å². The van der Waals surface area contributed by atoms with Crippen LogP contribution in [0.5, 0.6) is 5.75 Å². The maximum absolute atomic E-state index is 12.6. The number of para-hydroxylation sites is 1. The molecule has 0 atom stereocenters. The Kier molecular flexibility index (Phi) is 6.74. The summed E-state index contributed by atoms with van der Waals surface area (Å²) in [5.74, 6) is 1.34. The van der Waals surface area contributed by atoms with Crippen molar-refractivity contribution >= 4 is 23.4 Å². The molecule has 8 heteroatoms. The first-order valence-electron chi connectivity index (χ1n) is 12.7. The molecule has 37 heavy (non-hydrogen) atoms. The Bertz CT molecular complexity index is 1420. The standard InChI is InChI=1S/C29H33N5O3/c1-5-36-25-11-7-6-9-23(25)24-10-8-16-34-26(24)31-27(32-34)30-22-13-12-20-14-17-33(18-15-21(20)19-22)28(35)37-29(2,3)4/h6-13,16,19H,5,14-15,17-18H2,1-4H3,(H,30,32). The van der Waals surface area contributed by atoms with Crippen molar-refractivity contribution in [1.82, 2.24) is 19.5 Å². The molecule has 192 valence electrons. The Morgan fingerprint density at radius 3 is 2.54 bits per heavy atom. The molecule has 0 saturated heterocycles. The fourth-order valence-corrected chi connectivity index (χ4v) is 4.58. The minimum atomic E-state index is -0.501. The van der Waals surface area contributed by atoms with Crippen molar-refractivity contribution in [3.8, 4) is 16.9 Å². The van der Waals surface area contributed by atoms with Crippen LogP contribution in [0.3, 0.4) is 0 Å². The molecule has 0 aliphatic carbocycles. The van der Waals surface area contributed by atoms with Gasteiger partial charge in [-0.2, -0.15) is 4.98 Å². The Balaban J connectivity index is 1.36. The fraction of sp³-hybridized carbons (Fsp3) is 0.345. The summed E-state index contributed by atoms with van der Waals surface area (Å²) in [7, 11) is 0. The molecule has 0 fully saturated rings. The van der Waals surface area contributed by atoms with Gasteiger partial charge in [0.1, 0.15) is 11.4 Å². The van der Waals surface area contributed by atoms with E-state index in [1.54, 1.807) is 9.42 Å². The van der Waals surface area contributed by atoms with E-state index in [9.17, 15) is 4.79 Å². The van der Waals surface area contributed by atoms with Crippen LogP contribution in [0.1, 0.15) is 38.8 Å². The predicted molar refractivity (Wildman–Crippen MR) is 145 cm³/mol. The van der Waals surface area contributed by atoms with Gasteiger partial charge in [-0.25, -0.2) is 9.31 Å². The highest BCUT2D eigenvalue weighted by Gasteiger charge is 2.24. The molecule has 2 aromatic carbocycles. The molecule has 1 N–H and O–H groups in total. The molecule has 0 spiro atoms. The summed E-state index contributed by atoms with van der Waals surface area (Å²) in [6.45, 7) is 9.52. The maximum Gasteiger partial charge on any atom is 0.410 e. The number of nitrogens with one attached hydrogen (secondary N) is 1. The molecule has 0 bridgehead atoms. The van der Waals surface area contributed by atoms with Crippen molar-refractivity contribution in [3.05, 3.63) is 71.9 Å². The molecular formula is C29H33N5O3. The van der Waals surface area contributed by atoms with E-state index in [-0.39, 0.29) is 6.09 Å². The SMILES string of the molecule is CCOc1ccccc1-c1cccn2nc(Nc3ccc4c(c3)CCN(C(=O)OC(C)(C)C)CC4)nc12. The Morgan fingerprint density at radius 2 is 1.76 bits per heavy atom. The zero-order valence-electron chi connectivity index (χ0n) is 21.8. The number of carbonyl (C=O) groups is 1. The zero-order valence-corrected chi connectivity index (χ0v) is 21.8. The van der Waals surface area contributed by atoms with E-state index in [4.69, 9.17) is 14.5 Å². The zero-order chi connectivity index (χ0) is 26.0. The number of ether oxygens (including phenoxy) is 2. The molecule has 8 nitrogen and oxygen atoms in total. The van der Waals surface area contributed by atoms with E-state index in [2.05, 4.69) is 22.5 Å². The van der Waals surface area contributed by atoms with Crippen molar-refractivity contribution in [1.29, 1.82) is 0 Å². The molecule has 1 amide bonds. The molecule has 0 unspecified atom stereocenters. The van der Waals surface area contributed by atoms with Gasteiger partial charge in [0.05, 0.1) is 6.61 Å². The van der Waals surface area contributed by atoms with Crippen LogP contribution in [0.25, 0.3) is 16.8 Å². The van der Waals surface area contributed by atoms with E-state index in [0.717, 1.165) is 41.1 Å². The second-order valence-corrected chi connectivity index (χ2v) is 10.1. The van der Waals surface area contributed by atoms with Crippen molar-refractivity contribution in [2.24, 2.45) is 0 Å². The molecule has 4 aromatic rings. The number of hydrogen-bond acceptors (Lipinski definition) is 6. The van der Waals surface area contributed by atoms with E-state index >= 15 is 0 Å². The third-order valence-electron chi connectivity index (χ3n) is 6.26. The van der Waals surface area contributed by atoms with Crippen LogP contribution in [-0.2, 0) is 17.6 Å². The molecule has 1 aliphatic rings. The van der Waals surface area contributed by atoms with E-state index < -0.39 is 5.60 Å². The number of amides is 1. The van der Waals surface area contributed by atoms with E-state index in [0.29, 0.717) is 25.6 Å². The van der Waals surface area contributed by atoms with Gasteiger partial charge in [-0.05, 0) is 82.0 Å². The van der Waals surface area contributed by atoms with Crippen molar-refractivity contribution in [2.75, 3.05) is 25.0 Å². The second-order valence-electron chi connectivity index (χ2n) is 10.1. The summed E-state index contributed by atoms with van der Waals surface area (Å²) in [4.78, 5) is 19.2. The largest absolute Gasteiger partial charge is 0.493 e. The second kappa shape index (κ2) is 10.1. The molecule has 3 heterocycles. The highest BCUT2D eigenvalue weighted by Crippen LogP contribution is 2.33. The van der Waals surface area contributed by atoms with Gasteiger partial charge in [-0.1, -0.05) is 24.3 Å². The molecule has 2 aromatic heterocycles. The number of carbonyl (C=O) groups excluding carboxylic acids is 1. The lowest BCUT2D eigenvalue weighted by atomic mass is 10.0. The Hall–Kier alpha value is -4.07. The normalized spacial score (nSPS) is 13.7. The number of anilines is 2. The van der Waals surface area contributed by atoms with Gasteiger partial charge in [0, 0.05) is 36.1 Å². The van der Waals surface area contributed by atoms with Gasteiger partial charge in [-0.3, -0.25) is 0 Å². The number of benzene rings is 2. The average molecular weight is 500 g/mol. The molecular weight excluding hydrogens is 466 g/mol. The van der Waals surface area contributed by atoms with Crippen molar-refractivity contribution in [3.63, 3.8) is 0 Å². The highest BCUT2D eigenvalue weighted by molar-refractivity contribution is 5.82. The first kappa shape index (κ1) is 24.6. The van der Waals surface area contributed by atoms with Crippen LogP contribution in [0.15, 0.2) is 60.8 Å². The first-order valence-corrected chi connectivity index (χ1v) is 12.7. The van der Waals surface area contributed by atoms with Gasteiger partial charge in [0.15, 0.2) is 5.65 Å². The maximum atomic E-state index is 12.6. The van der Waals surface area contributed by atoms with Crippen LogP contribution in [0.4, 0.5) is 16.4 Å². The number of aromatic nitrogens is 3. The summed E-state index contributed by atoms with van der Waals surface area (Å²) in [6.07, 6.45) is 3.20. The van der Waals surface area contributed by atoms with Gasteiger partial charge in [0.2, 0.25) is 5.95 Å². The fourth-order valence-electron chi connectivity index (χ4n) is 4.58. The van der Waals surface area contributed by atoms with E-state index in [1.807, 2.05) is 76.4 Å². The number of rotatable bonds is 5. The minimum absolute atomic E-state index is 0.255. The number of pyridine rings is 1. The highest BCUT2D eigenvalue weighted by atomic mass is 16.6. The predicted octanol–water partition coefficient (Wildman–Crippen LogP) is 5.87. The summed E-state index contributed by atoms with van der Waals surface area (Å²) in [5.41, 5.74) is 5.56. The number of nitrogens with zero attached hydrogens (tertiary/aromatic N) is 4. The lowest BCUT2D eigenvalue weighted by molar-refractivity contribution is 0.0258. The minimum Gasteiger partial charge on any atom is -0.493 e. The quantitative estimate of drug-likeness (QED) is 0.370. The molecule has 0 radical (unpaired) electrons. The third kappa shape index (κ3) is 5.53. The van der Waals surface area contributed by atoms with Crippen LogP contribution in [0.2, 0.25) is 0 Å². The third-order valence-corrected chi connectivity index (χ3v) is 6.26. The van der Waals surface area contributed by atoms with Crippen LogP contribution >= 0.6 is 0 Å². The number of fused-ring (bicyclic) bond motifs is 2. The van der Waals surface area contributed by atoms with E-state index in [1.165, 1.54) is 11.1 Å². The first-order chi connectivity index (χ1) is 17.8. The number of hydrogen-bond donors (Lipinski definition) is 1. The molecule has 1 aliphatic heterocycles. The summed E-state index contributed by atoms with van der Waals surface area (Å²) < 4.78 is 13.2. The van der Waals surface area contributed by atoms with Gasteiger partial charge < -0.3 is 19.7 Å². The van der Waals surface area contributed by atoms with Gasteiger partial charge in [-0.15, -0.1) is 5.10 Å². The topological polar surface area (TPSA) is 81.0 Å². The molecule has 0 saturated carbocycles. The van der Waals surface area contributed by atoms with Gasteiger partial charge in [0.25, 0.3) is 0 Å². The Morgan fingerprint density at radius 1 is 1.00 bits per heavy atom. The Labute approximate surface area is 217 Å². The average Bonchev–Trinajstić information content (AvgIpc) is 3.14. The van der Waals surface area contributed by atoms with Crippen LogP contribution < -0.4 is 10.1 Å². The molecule has 5 rings (SSSR count). The summed E-state index contributed by atoms with van der Waals surface area (Å²) in [6, 6.07) is 18.3. The van der Waals surface area contributed by atoms with Crippen molar-refractivity contribution in [2.45, 2.75) is 46.1 Å². The smallest absolute Gasteiger partial charge is 0.410 e. The van der Waals surface area contributed by atoms with Crippen molar-refractivity contribution < 1.29 is 14.3 Å². The van der Waals surface area contributed by atoms with Crippen LogP contribution in [0, 0.1) is 0 Å².